The summed E-state index contributed by atoms with van der Waals surface area (Å²) in [6.07, 6.45) is 1.98. The van der Waals surface area contributed by atoms with Crippen molar-refractivity contribution in [2.45, 2.75) is 19.8 Å². The molecule has 0 saturated carbocycles. The molecular formula is C24H24ClN3O4. The van der Waals surface area contributed by atoms with E-state index in [2.05, 4.69) is 12.2 Å². The maximum atomic E-state index is 13.1. The molecular weight excluding hydrogens is 430 g/mol. The smallest absolute Gasteiger partial charge is 0.283 e. The van der Waals surface area contributed by atoms with Gasteiger partial charge in [0.15, 0.2) is 0 Å². The van der Waals surface area contributed by atoms with Gasteiger partial charge in [-0.15, -0.1) is 0 Å². The number of hydrogen-bond acceptors (Lipinski definition) is 5. The highest BCUT2D eigenvalue weighted by Crippen LogP contribution is 2.35. The highest BCUT2D eigenvalue weighted by atomic mass is 35.5. The van der Waals surface area contributed by atoms with Crippen molar-refractivity contribution >= 4 is 40.7 Å². The molecule has 0 spiro atoms. The lowest BCUT2D eigenvalue weighted by molar-refractivity contribution is -0.120. The van der Waals surface area contributed by atoms with Gasteiger partial charge < -0.3 is 15.0 Å². The van der Waals surface area contributed by atoms with Crippen molar-refractivity contribution < 1.29 is 19.1 Å². The van der Waals surface area contributed by atoms with E-state index >= 15 is 0 Å². The van der Waals surface area contributed by atoms with Crippen molar-refractivity contribution in [2.75, 3.05) is 30.4 Å². The number of piperidine rings is 1. The number of carbonyl (C=O) groups excluding carboxylic acids is 3. The van der Waals surface area contributed by atoms with Gasteiger partial charge in [0.1, 0.15) is 16.5 Å². The average molecular weight is 454 g/mol. The van der Waals surface area contributed by atoms with Crippen LogP contribution in [-0.2, 0) is 9.59 Å². The molecule has 32 heavy (non-hydrogen) atoms. The van der Waals surface area contributed by atoms with Crippen molar-refractivity contribution in [3.63, 3.8) is 0 Å². The highest BCUT2D eigenvalue weighted by molar-refractivity contribution is 6.53. The number of para-hydroxylation sites is 2. The summed E-state index contributed by atoms with van der Waals surface area (Å²) >= 11 is 6.24. The number of likely N-dealkylation sites (tertiary alicyclic amines) is 1. The largest absolute Gasteiger partial charge is 0.495 e. The normalized spacial score (nSPS) is 17.2. The number of amides is 3. The summed E-state index contributed by atoms with van der Waals surface area (Å²) in [5.74, 6) is -0.281. The van der Waals surface area contributed by atoms with Crippen LogP contribution in [0.15, 0.2) is 59.3 Å². The molecule has 1 saturated heterocycles. The van der Waals surface area contributed by atoms with E-state index in [1.165, 1.54) is 7.11 Å². The molecule has 2 aliphatic heterocycles. The molecule has 166 valence electrons. The van der Waals surface area contributed by atoms with E-state index in [4.69, 9.17) is 16.3 Å². The summed E-state index contributed by atoms with van der Waals surface area (Å²) in [5.41, 5.74) is 1.28. The Bertz CT molecular complexity index is 1110. The summed E-state index contributed by atoms with van der Waals surface area (Å²) in [5, 5.41) is 2.72. The van der Waals surface area contributed by atoms with E-state index in [-0.39, 0.29) is 16.6 Å². The van der Waals surface area contributed by atoms with Crippen LogP contribution < -0.4 is 15.0 Å². The topological polar surface area (TPSA) is 79.0 Å². The van der Waals surface area contributed by atoms with E-state index in [9.17, 15) is 14.4 Å². The van der Waals surface area contributed by atoms with Gasteiger partial charge in [0.05, 0.1) is 12.8 Å². The Morgan fingerprint density at radius 3 is 2.50 bits per heavy atom. The number of imide groups is 1. The highest BCUT2D eigenvalue weighted by Gasteiger charge is 2.40. The molecule has 3 amide bonds. The predicted octanol–water partition coefficient (Wildman–Crippen LogP) is 4.00. The fraction of sp³-hybridized carbons (Fsp3) is 0.292. The molecule has 0 unspecified atom stereocenters. The van der Waals surface area contributed by atoms with Crippen LogP contribution in [0.25, 0.3) is 0 Å². The Balaban J connectivity index is 1.55. The maximum absolute atomic E-state index is 13.1. The molecule has 4 rings (SSSR count). The lowest BCUT2D eigenvalue weighted by atomic mass is 9.98. The number of benzene rings is 2. The second-order valence-electron chi connectivity index (χ2n) is 7.99. The lowest BCUT2D eigenvalue weighted by Crippen LogP contribution is -2.37. The molecule has 0 atom stereocenters. The van der Waals surface area contributed by atoms with Gasteiger partial charge in [0.25, 0.3) is 17.7 Å². The zero-order chi connectivity index (χ0) is 22.8. The van der Waals surface area contributed by atoms with Crippen LogP contribution in [0.5, 0.6) is 5.75 Å². The van der Waals surface area contributed by atoms with Crippen LogP contribution in [0.4, 0.5) is 11.4 Å². The van der Waals surface area contributed by atoms with Gasteiger partial charge in [-0.1, -0.05) is 36.7 Å². The molecule has 2 aliphatic rings. The number of nitrogens with zero attached hydrogens (tertiary/aromatic N) is 2. The van der Waals surface area contributed by atoms with Crippen LogP contribution in [0.1, 0.15) is 30.1 Å². The summed E-state index contributed by atoms with van der Waals surface area (Å²) in [7, 11) is 1.46. The predicted molar refractivity (Wildman–Crippen MR) is 123 cm³/mol. The minimum absolute atomic E-state index is 0.0426. The fourth-order valence-electron chi connectivity index (χ4n) is 3.91. The molecule has 1 fully saturated rings. The van der Waals surface area contributed by atoms with Crippen LogP contribution in [-0.4, -0.2) is 42.8 Å². The van der Waals surface area contributed by atoms with Crippen molar-refractivity contribution in [3.05, 3.63) is 64.8 Å². The monoisotopic (exact) mass is 453 g/mol. The van der Waals surface area contributed by atoms with Gasteiger partial charge in [-0.2, -0.15) is 0 Å². The Morgan fingerprint density at radius 2 is 1.78 bits per heavy atom. The first kappa shape index (κ1) is 21.9. The van der Waals surface area contributed by atoms with Gasteiger partial charge in [0, 0.05) is 24.3 Å². The first-order valence-electron chi connectivity index (χ1n) is 10.5. The van der Waals surface area contributed by atoms with Gasteiger partial charge in [-0.3, -0.25) is 14.4 Å². The summed E-state index contributed by atoms with van der Waals surface area (Å²) in [6.45, 7) is 3.66. The lowest BCUT2D eigenvalue weighted by Gasteiger charge is -2.30. The van der Waals surface area contributed by atoms with Gasteiger partial charge in [-0.05, 0) is 49.1 Å². The standard InChI is InChI=1S/C24H24ClN3O4/c1-15-10-12-27(13-11-15)22(29)16-6-5-7-17(14-16)26-21-20(25)23(30)28(24(21)31)18-8-3-4-9-19(18)32-2/h3-9,14-15,26H,10-13H2,1-2H3. The van der Waals surface area contributed by atoms with Gasteiger partial charge in [0.2, 0.25) is 0 Å². The Kier molecular flexibility index (Phi) is 6.19. The Hall–Kier alpha value is -3.32. The molecule has 0 radical (unpaired) electrons. The van der Waals surface area contributed by atoms with Crippen LogP contribution in [0, 0.1) is 5.92 Å². The van der Waals surface area contributed by atoms with Crippen LogP contribution in [0.2, 0.25) is 0 Å². The van der Waals surface area contributed by atoms with Crippen molar-refractivity contribution in [2.24, 2.45) is 5.92 Å². The molecule has 0 aliphatic carbocycles. The zero-order valence-electron chi connectivity index (χ0n) is 17.9. The van der Waals surface area contributed by atoms with Crippen LogP contribution in [0.3, 0.4) is 0 Å². The van der Waals surface area contributed by atoms with Crippen molar-refractivity contribution in [1.82, 2.24) is 4.90 Å². The zero-order valence-corrected chi connectivity index (χ0v) is 18.7. The first-order chi connectivity index (χ1) is 15.4. The first-order valence-corrected chi connectivity index (χ1v) is 10.9. The number of rotatable bonds is 5. The molecule has 2 heterocycles. The second-order valence-corrected chi connectivity index (χ2v) is 8.37. The molecule has 8 heteroatoms. The third-order valence-electron chi connectivity index (χ3n) is 5.80. The van der Waals surface area contributed by atoms with E-state index < -0.39 is 11.8 Å². The third kappa shape index (κ3) is 4.08. The minimum Gasteiger partial charge on any atom is -0.495 e. The average Bonchev–Trinajstić information content (AvgIpc) is 3.02. The Morgan fingerprint density at radius 1 is 1.06 bits per heavy atom. The number of anilines is 2. The maximum Gasteiger partial charge on any atom is 0.283 e. The Labute approximate surface area is 191 Å². The van der Waals surface area contributed by atoms with Crippen molar-refractivity contribution in [3.8, 4) is 5.75 Å². The summed E-state index contributed by atoms with van der Waals surface area (Å²) in [4.78, 5) is 41.5. The molecule has 0 bridgehead atoms. The fourth-order valence-corrected chi connectivity index (χ4v) is 4.13. The third-order valence-corrected chi connectivity index (χ3v) is 6.15. The molecule has 7 nitrogen and oxygen atoms in total. The molecule has 2 aromatic rings. The molecule has 1 N–H and O–H groups in total. The summed E-state index contributed by atoms with van der Waals surface area (Å²) < 4.78 is 5.28. The van der Waals surface area contributed by atoms with E-state index in [1.54, 1.807) is 48.5 Å². The SMILES string of the molecule is COc1ccccc1N1C(=O)C(Cl)=C(Nc2cccc(C(=O)N3CCC(C)CC3)c2)C1=O. The van der Waals surface area contributed by atoms with E-state index in [0.717, 1.165) is 30.8 Å². The summed E-state index contributed by atoms with van der Waals surface area (Å²) in [6, 6.07) is 13.6. The van der Waals surface area contributed by atoms with Crippen molar-refractivity contribution in [1.29, 1.82) is 0 Å². The number of carbonyl (C=O) groups is 3. The van der Waals surface area contributed by atoms with Gasteiger partial charge >= 0.3 is 0 Å². The number of hydrogen-bond donors (Lipinski definition) is 1. The second kappa shape index (κ2) is 9.04. The molecule has 2 aromatic carbocycles. The minimum atomic E-state index is -0.640. The number of methoxy groups -OCH3 is 1. The van der Waals surface area contributed by atoms with Gasteiger partial charge in [-0.25, -0.2) is 4.90 Å². The van der Waals surface area contributed by atoms with E-state index in [0.29, 0.717) is 28.6 Å². The number of ether oxygens (including phenoxy) is 1. The van der Waals surface area contributed by atoms with Crippen LogP contribution >= 0.6 is 11.6 Å². The quantitative estimate of drug-likeness (QED) is 0.692. The molecule has 0 aromatic heterocycles. The van der Waals surface area contributed by atoms with E-state index in [1.807, 2.05) is 4.90 Å². The number of nitrogens with one attached hydrogen (secondary N) is 1. The number of halogens is 1.